The van der Waals surface area contributed by atoms with Crippen LogP contribution in [0, 0.1) is 0 Å². The minimum absolute atomic E-state index is 0.147. The lowest BCUT2D eigenvalue weighted by Crippen LogP contribution is -2.51. The van der Waals surface area contributed by atoms with Gasteiger partial charge in [0.1, 0.15) is 6.17 Å². The lowest BCUT2D eigenvalue weighted by Gasteiger charge is -2.25. The zero-order chi connectivity index (χ0) is 6.69. The molecule has 1 aliphatic rings. The quantitative estimate of drug-likeness (QED) is 0.322. The molecular weight excluding hydrogens is 121 g/mol. The fourth-order valence-electron chi connectivity index (χ4n) is 1.01. The maximum atomic E-state index is 12.6. The number of rotatable bonds is 1. The lowest BCUT2D eigenvalue weighted by molar-refractivity contribution is 0.204. The number of nitrogens with two attached hydrogens (primary N) is 1. The van der Waals surface area contributed by atoms with E-state index in [1.165, 1.54) is 0 Å². The Kier molecular flexibility index (Phi) is 2.38. The van der Waals surface area contributed by atoms with Crippen molar-refractivity contribution in [2.75, 3.05) is 13.1 Å². The number of hydrazine groups is 1. The van der Waals surface area contributed by atoms with Gasteiger partial charge >= 0.3 is 0 Å². The molecule has 54 valence electrons. The van der Waals surface area contributed by atoms with Gasteiger partial charge in [0.2, 0.25) is 0 Å². The average molecular weight is 133 g/mol. The van der Waals surface area contributed by atoms with Gasteiger partial charge in [0, 0.05) is 6.54 Å². The molecule has 0 bridgehead atoms. The maximum Gasteiger partial charge on any atom is 0.129 e. The van der Waals surface area contributed by atoms with E-state index in [-0.39, 0.29) is 6.04 Å². The minimum atomic E-state index is -0.830. The highest BCUT2D eigenvalue weighted by atomic mass is 19.1. The van der Waals surface area contributed by atoms with Gasteiger partial charge in [-0.15, -0.1) is 0 Å². The van der Waals surface area contributed by atoms with Crippen LogP contribution in [0.1, 0.15) is 6.42 Å². The summed E-state index contributed by atoms with van der Waals surface area (Å²) in [6.45, 7) is 1.28. The van der Waals surface area contributed by atoms with Crippen molar-refractivity contribution >= 4 is 0 Å². The molecule has 0 radical (unpaired) electrons. The second-order valence-corrected chi connectivity index (χ2v) is 2.28. The van der Waals surface area contributed by atoms with Gasteiger partial charge in [-0.05, 0) is 13.0 Å². The van der Waals surface area contributed by atoms with Crippen LogP contribution in [-0.2, 0) is 0 Å². The van der Waals surface area contributed by atoms with Crippen molar-refractivity contribution in [2.24, 2.45) is 5.84 Å². The normalized spacial score (nSPS) is 36.7. The Balaban J connectivity index is 2.30. The molecule has 4 heteroatoms. The van der Waals surface area contributed by atoms with Gasteiger partial charge in [0.25, 0.3) is 0 Å². The molecule has 9 heavy (non-hydrogen) atoms. The summed E-state index contributed by atoms with van der Waals surface area (Å²) in [5.41, 5.74) is 2.44. The Morgan fingerprint density at radius 2 is 2.44 bits per heavy atom. The summed E-state index contributed by atoms with van der Waals surface area (Å²) < 4.78 is 12.6. The van der Waals surface area contributed by atoms with Crippen molar-refractivity contribution in [3.8, 4) is 0 Å². The Labute approximate surface area is 53.8 Å². The third kappa shape index (κ3) is 1.61. The molecule has 0 spiro atoms. The van der Waals surface area contributed by atoms with E-state index >= 15 is 0 Å². The SMILES string of the molecule is NNC1CCNCC1F. The molecule has 2 unspecified atom stereocenters. The molecule has 1 heterocycles. The monoisotopic (exact) mass is 133 g/mol. The molecule has 0 amide bonds. The van der Waals surface area contributed by atoms with Crippen molar-refractivity contribution in [1.82, 2.24) is 10.7 Å². The molecule has 3 nitrogen and oxygen atoms in total. The molecule has 0 aromatic rings. The van der Waals surface area contributed by atoms with Gasteiger partial charge in [-0.25, -0.2) is 4.39 Å². The van der Waals surface area contributed by atoms with Gasteiger partial charge in [0.05, 0.1) is 6.04 Å². The Bertz CT molecular complexity index is 88.3. The highest BCUT2D eigenvalue weighted by Crippen LogP contribution is 2.05. The number of piperidine rings is 1. The number of hydrogen-bond acceptors (Lipinski definition) is 3. The number of nitrogens with one attached hydrogen (secondary N) is 2. The Hall–Kier alpha value is -0.190. The molecule has 0 aromatic heterocycles. The second-order valence-electron chi connectivity index (χ2n) is 2.28. The van der Waals surface area contributed by atoms with Crippen molar-refractivity contribution in [3.63, 3.8) is 0 Å². The molecule has 4 N–H and O–H groups in total. The predicted molar refractivity (Wildman–Crippen MR) is 33.5 cm³/mol. The first-order valence-electron chi connectivity index (χ1n) is 3.15. The van der Waals surface area contributed by atoms with Gasteiger partial charge < -0.3 is 5.32 Å². The van der Waals surface area contributed by atoms with Crippen LogP contribution in [0.15, 0.2) is 0 Å². The van der Waals surface area contributed by atoms with Crippen molar-refractivity contribution in [2.45, 2.75) is 18.6 Å². The summed E-state index contributed by atoms with van der Waals surface area (Å²) in [5.74, 6) is 5.08. The molecule has 1 saturated heterocycles. The topological polar surface area (TPSA) is 50.1 Å². The van der Waals surface area contributed by atoms with Gasteiger partial charge in [0.15, 0.2) is 0 Å². The summed E-state index contributed by atoms with van der Waals surface area (Å²) >= 11 is 0. The third-order valence-corrected chi connectivity index (χ3v) is 1.62. The summed E-state index contributed by atoms with van der Waals surface area (Å²) in [5, 5.41) is 2.93. The first-order valence-corrected chi connectivity index (χ1v) is 3.15. The van der Waals surface area contributed by atoms with Crippen LogP contribution in [0.2, 0.25) is 0 Å². The fraction of sp³-hybridized carbons (Fsp3) is 1.00. The molecule has 1 aliphatic heterocycles. The van der Waals surface area contributed by atoms with Crippen LogP contribution < -0.4 is 16.6 Å². The number of hydrogen-bond donors (Lipinski definition) is 3. The predicted octanol–water partition coefficient (Wildman–Crippen LogP) is -0.850. The van der Waals surface area contributed by atoms with E-state index in [9.17, 15) is 4.39 Å². The largest absolute Gasteiger partial charge is 0.314 e. The van der Waals surface area contributed by atoms with Crippen LogP contribution in [0.25, 0.3) is 0 Å². The van der Waals surface area contributed by atoms with Crippen LogP contribution in [-0.4, -0.2) is 25.3 Å². The standard InChI is InChI=1S/C5H12FN3/c6-4-3-8-2-1-5(4)9-7/h4-5,8-9H,1-3,7H2. The average Bonchev–Trinajstić information content (AvgIpc) is 1.89. The highest BCUT2D eigenvalue weighted by Gasteiger charge is 2.22. The maximum absolute atomic E-state index is 12.6. The van der Waals surface area contributed by atoms with Gasteiger partial charge in [-0.3, -0.25) is 11.3 Å². The lowest BCUT2D eigenvalue weighted by atomic mass is 10.1. The van der Waals surface area contributed by atoms with Crippen LogP contribution >= 0.6 is 0 Å². The summed E-state index contributed by atoms with van der Waals surface area (Å²) in [6.07, 6.45) is -0.0544. The zero-order valence-electron chi connectivity index (χ0n) is 5.23. The molecule has 1 rings (SSSR count). The van der Waals surface area contributed by atoms with Crippen LogP contribution in [0.4, 0.5) is 4.39 Å². The Morgan fingerprint density at radius 1 is 1.67 bits per heavy atom. The van der Waals surface area contributed by atoms with Crippen molar-refractivity contribution in [3.05, 3.63) is 0 Å². The van der Waals surface area contributed by atoms with Gasteiger partial charge in [-0.2, -0.15) is 0 Å². The molecular formula is C5H12FN3. The van der Waals surface area contributed by atoms with E-state index in [2.05, 4.69) is 10.7 Å². The van der Waals surface area contributed by atoms with Crippen LogP contribution in [0.3, 0.4) is 0 Å². The summed E-state index contributed by atoms with van der Waals surface area (Å²) in [4.78, 5) is 0. The van der Waals surface area contributed by atoms with E-state index in [1.807, 2.05) is 0 Å². The minimum Gasteiger partial charge on any atom is -0.314 e. The van der Waals surface area contributed by atoms with E-state index in [1.54, 1.807) is 0 Å². The van der Waals surface area contributed by atoms with Crippen molar-refractivity contribution in [1.29, 1.82) is 0 Å². The van der Waals surface area contributed by atoms with E-state index in [0.717, 1.165) is 13.0 Å². The summed E-state index contributed by atoms with van der Waals surface area (Å²) in [6, 6.07) is -0.147. The molecule has 2 atom stereocenters. The summed E-state index contributed by atoms with van der Waals surface area (Å²) in [7, 11) is 0. The van der Waals surface area contributed by atoms with E-state index in [0.29, 0.717) is 6.54 Å². The zero-order valence-corrected chi connectivity index (χ0v) is 5.23. The van der Waals surface area contributed by atoms with E-state index in [4.69, 9.17) is 5.84 Å². The second kappa shape index (κ2) is 3.10. The fourth-order valence-corrected chi connectivity index (χ4v) is 1.01. The first-order chi connectivity index (χ1) is 4.34. The molecule has 0 aliphatic carbocycles. The molecule has 0 aromatic carbocycles. The van der Waals surface area contributed by atoms with E-state index < -0.39 is 6.17 Å². The number of halogens is 1. The number of alkyl halides is 1. The molecule has 1 fully saturated rings. The Morgan fingerprint density at radius 3 is 2.89 bits per heavy atom. The molecule has 0 saturated carbocycles. The van der Waals surface area contributed by atoms with Crippen LogP contribution in [0.5, 0.6) is 0 Å². The highest BCUT2D eigenvalue weighted by molar-refractivity contribution is 4.81. The first kappa shape index (κ1) is 6.92. The third-order valence-electron chi connectivity index (χ3n) is 1.62. The van der Waals surface area contributed by atoms with Gasteiger partial charge in [-0.1, -0.05) is 0 Å². The smallest absolute Gasteiger partial charge is 0.129 e. The van der Waals surface area contributed by atoms with Crippen molar-refractivity contribution < 1.29 is 4.39 Å².